The number of carbonyl (C=O) groups is 2. The van der Waals surface area contributed by atoms with Crippen molar-refractivity contribution < 1.29 is 31.6 Å². The summed E-state index contributed by atoms with van der Waals surface area (Å²) in [6, 6.07) is 0. The van der Waals surface area contributed by atoms with Crippen LogP contribution in [0.15, 0.2) is 0 Å². The number of rotatable bonds is 48. The van der Waals surface area contributed by atoms with Gasteiger partial charge in [0.2, 0.25) is 0 Å². The highest BCUT2D eigenvalue weighted by atomic mass is 32.2. The molecule has 1 unspecified atom stereocenters. The van der Waals surface area contributed by atoms with E-state index in [4.69, 9.17) is 9.05 Å². The lowest BCUT2D eigenvalue weighted by Gasteiger charge is -2.28. The summed E-state index contributed by atoms with van der Waals surface area (Å²) < 4.78 is 50.4. The summed E-state index contributed by atoms with van der Waals surface area (Å²) in [6.45, 7) is 13.4. The molecule has 0 bridgehead atoms. The van der Waals surface area contributed by atoms with Gasteiger partial charge in [-0.3, -0.25) is 4.55 Å². The Bertz CT molecular complexity index is 1050. The summed E-state index contributed by atoms with van der Waals surface area (Å²) in [6.07, 6.45) is 45.4. The van der Waals surface area contributed by atoms with E-state index in [1.807, 2.05) is 0 Å². The average molecular weight is 937 g/mol. The summed E-state index contributed by atoms with van der Waals surface area (Å²) in [5, 5.41) is -1.95. The predicted octanol–water partition coefficient (Wildman–Crippen LogP) is 17.7. The summed E-state index contributed by atoms with van der Waals surface area (Å²) in [5.41, 5.74) is 0. The van der Waals surface area contributed by atoms with Crippen LogP contribution < -0.4 is 0 Å². The van der Waals surface area contributed by atoms with Crippen LogP contribution >= 0.6 is 15.0 Å². The van der Waals surface area contributed by atoms with Gasteiger partial charge < -0.3 is 9.05 Å². The van der Waals surface area contributed by atoms with Crippen LogP contribution in [0.2, 0.25) is 0 Å². The van der Waals surface area contributed by atoms with E-state index in [-0.39, 0.29) is 0 Å². The smallest absolute Gasteiger partial charge is 0.313 e. The summed E-state index contributed by atoms with van der Waals surface area (Å²) in [7, 11) is -9.56. The second-order valence-electron chi connectivity index (χ2n) is 19.1. The molecule has 0 spiro atoms. The Balaban J connectivity index is 6.55. The van der Waals surface area contributed by atoms with Crippen LogP contribution in [0.5, 0.6) is 0 Å². The molecule has 0 aliphatic heterocycles. The molecule has 0 heterocycles. The Morgan fingerprint density at radius 2 is 0.581 bits per heavy atom. The minimum absolute atomic E-state index is 0.646. The lowest BCUT2D eigenvalue weighted by molar-refractivity contribution is -0.140. The van der Waals surface area contributed by atoms with E-state index in [0.717, 1.165) is 133 Å². The van der Waals surface area contributed by atoms with Crippen LogP contribution in [-0.4, -0.2) is 67.1 Å². The maximum Gasteiger partial charge on any atom is 0.370 e. The lowest BCUT2D eigenvalue weighted by atomic mass is 10.1. The van der Waals surface area contributed by atoms with E-state index >= 15 is 0 Å². The third-order valence-electron chi connectivity index (χ3n) is 13.1. The summed E-state index contributed by atoms with van der Waals surface area (Å²) in [4.78, 5) is 28.6. The van der Waals surface area contributed by atoms with Gasteiger partial charge in [0.15, 0.2) is 20.2 Å². The second-order valence-corrected chi connectivity index (χ2v) is 28.0. The van der Waals surface area contributed by atoms with Crippen LogP contribution in [0, 0.1) is 0 Å². The van der Waals surface area contributed by atoms with Crippen LogP contribution in [-0.2, 0) is 28.8 Å². The highest BCUT2D eigenvalue weighted by molar-refractivity contribution is 7.87. The molecular weight excluding hydrogens is 831 g/mol. The average Bonchev–Trinajstić information content (AvgIpc) is 3.24. The first kappa shape index (κ1) is 61.7. The predicted molar refractivity (Wildman–Crippen MR) is 275 cm³/mol. The molecule has 0 radical (unpaired) electrons. The molecule has 0 aromatic rings. The van der Waals surface area contributed by atoms with Crippen LogP contribution in [0.4, 0.5) is 0 Å². The Morgan fingerprint density at radius 3 is 0.806 bits per heavy atom. The molecule has 370 valence electrons. The highest BCUT2D eigenvalue weighted by Gasteiger charge is 2.48. The van der Waals surface area contributed by atoms with Gasteiger partial charge in [0.05, 0.1) is 43.4 Å². The number of unbranched alkanes of at least 4 members (excludes halogenated alkanes) is 30. The topological polar surface area (TPSA) is 107 Å². The van der Waals surface area contributed by atoms with Crippen LogP contribution in [0.1, 0.15) is 279 Å². The van der Waals surface area contributed by atoms with E-state index in [1.165, 1.54) is 135 Å². The maximum absolute atomic E-state index is 14.4. The first-order valence-electron chi connectivity index (χ1n) is 27.1. The standard InChI is InChI=1S/C52H105O7P2S/c1-7-13-19-25-31-37-43-60(44-38-32-26-20-14-8-2,45-39-33-27-21-15-9-3)58-51(53)49-50(62(55,56)57)52(54)59-61(46-40-34-28-22-16-10-4,47-41-35-29-23-17-11-5)48-42-36-30-24-18-12-6/h50H,7-49H2,1-6H3/q+1/p+1. The van der Waals surface area contributed by atoms with Gasteiger partial charge in [-0.1, -0.05) is 196 Å². The Hall–Kier alpha value is -0.290. The largest absolute Gasteiger partial charge is 0.370 e. The van der Waals surface area contributed by atoms with Crippen molar-refractivity contribution in [3.05, 3.63) is 0 Å². The minimum Gasteiger partial charge on any atom is -0.313 e. The van der Waals surface area contributed by atoms with Gasteiger partial charge in [0, 0.05) is 0 Å². The zero-order chi connectivity index (χ0) is 46.1. The number of carbonyl (C=O) groups excluding carboxylic acids is 2. The van der Waals surface area contributed by atoms with Crippen LogP contribution in [0.25, 0.3) is 0 Å². The molecule has 0 aliphatic carbocycles. The summed E-state index contributed by atoms with van der Waals surface area (Å²) >= 11 is 0. The van der Waals surface area contributed by atoms with E-state index in [1.54, 1.807) is 0 Å². The molecule has 7 nitrogen and oxygen atoms in total. The third-order valence-corrected chi connectivity index (χ3v) is 22.1. The van der Waals surface area contributed by atoms with Gasteiger partial charge in [0.1, 0.15) is 0 Å². The molecular formula is C52H106O7P2S+2. The first-order chi connectivity index (χ1) is 30.0. The van der Waals surface area contributed by atoms with Gasteiger partial charge in [-0.2, -0.15) is 8.42 Å². The zero-order valence-electron chi connectivity index (χ0n) is 42.2. The zero-order valence-corrected chi connectivity index (χ0v) is 44.8. The van der Waals surface area contributed by atoms with Gasteiger partial charge in [-0.15, -0.1) is 0 Å². The molecule has 0 aliphatic rings. The van der Waals surface area contributed by atoms with Crippen LogP contribution in [0.3, 0.4) is 0 Å². The summed E-state index contributed by atoms with van der Waals surface area (Å²) in [5.74, 6) is -1.57. The monoisotopic (exact) mass is 937 g/mol. The molecule has 1 atom stereocenters. The van der Waals surface area contributed by atoms with Gasteiger partial charge in [-0.25, -0.2) is 9.59 Å². The van der Waals surface area contributed by atoms with Crippen molar-refractivity contribution in [3.63, 3.8) is 0 Å². The maximum atomic E-state index is 14.4. The molecule has 0 fully saturated rings. The Labute approximate surface area is 388 Å². The van der Waals surface area contributed by atoms with Crippen molar-refractivity contribution in [2.24, 2.45) is 0 Å². The molecule has 0 rings (SSSR count). The van der Waals surface area contributed by atoms with Gasteiger partial charge in [-0.05, 0) is 77.0 Å². The van der Waals surface area contributed by atoms with Crippen molar-refractivity contribution in [1.29, 1.82) is 0 Å². The Kier molecular flexibility index (Phi) is 41.9. The minimum atomic E-state index is -4.93. The molecule has 0 amide bonds. The van der Waals surface area contributed by atoms with E-state index in [2.05, 4.69) is 41.5 Å². The Morgan fingerprint density at radius 1 is 0.371 bits per heavy atom. The van der Waals surface area contributed by atoms with E-state index in [9.17, 15) is 22.6 Å². The molecule has 0 aromatic heterocycles. The number of hydrogen-bond donors (Lipinski definition) is 1. The quantitative estimate of drug-likeness (QED) is 0.0368. The van der Waals surface area contributed by atoms with Crippen molar-refractivity contribution >= 4 is 37.0 Å². The molecule has 62 heavy (non-hydrogen) atoms. The fraction of sp³-hybridized carbons (Fsp3) is 0.962. The SMILES string of the molecule is CCCCCCCC[P+](CCCCCCCC)(CCCCCCCC)OC(=O)CC(C(=O)O[P+](CCCCCCCC)(CCCCCCCC)CCCCCCCC)S(=O)(=O)O. The fourth-order valence-corrected chi connectivity index (χ4v) is 17.4. The normalized spacial score (nSPS) is 12.8. The van der Waals surface area contributed by atoms with Crippen molar-refractivity contribution in [2.75, 3.05) is 37.0 Å². The second kappa shape index (κ2) is 42.1. The molecule has 0 saturated heterocycles. The highest BCUT2D eigenvalue weighted by Crippen LogP contribution is 2.64. The van der Waals surface area contributed by atoms with Gasteiger partial charge >= 0.3 is 11.9 Å². The molecule has 0 saturated carbocycles. The fourth-order valence-electron chi connectivity index (χ4n) is 8.99. The van der Waals surface area contributed by atoms with E-state index < -0.39 is 48.7 Å². The molecule has 10 heteroatoms. The first-order valence-corrected chi connectivity index (χ1v) is 33.2. The van der Waals surface area contributed by atoms with Gasteiger partial charge in [0.25, 0.3) is 10.1 Å². The van der Waals surface area contributed by atoms with Crippen molar-refractivity contribution in [3.8, 4) is 0 Å². The number of hydrogen-bond acceptors (Lipinski definition) is 6. The van der Waals surface area contributed by atoms with Crippen molar-refractivity contribution in [1.82, 2.24) is 0 Å². The van der Waals surface area contributed by atoms with Crippen molar-refractivity contribution in [2.45, 2.75) is 284 Å². The molecule has 0 aromatic carbocycles. The van der Waals surface area contributed by atoms with E-state index in [0.29, 0.717) is 0 Å². The lowest BCUT2D eigenvalue weighted by Crippen LogP contribution is -2.35. The molecule has 1 N–H and O–H groups in total. The third kappa shape index (κ3) is 34.1.